The zero-order chi connectivity index (χ0) is 9.26. The highest BCUT2D eigenvalue weighted by molar-refractivity contribution is 5.44. The van der Waals surface area contributed by atoms with Crippen LogP contribution in [-0.4, -0.2) is 7.11 Å². The molecule has 2 rings (SSSR count). The molecule has 1 aliphatic carbocycles. The first-order valence-electron chi connectivity index (χ1n) is 4.83. The second-order valence-electron chi connectivity index (χ2n) is 3.54. The van der Waals surface area contributed by atoms with Gasteiger partial charge in [-0.2, -0.15) is 0 Å². The predicted molar refractivity (Wildman–Crippen MR) is 51.6 cm³/mol. The monoisotopic (exact) mass is 178 g/mol. The van der Waals surface area contributed by atoms with Gasteiger partial charge in [0.15, 0.2) is 0 Å². The van der Waals surface area contributed by atoms with Gasteiger partial charge in [-0.15, -0.1) is 0 Å². The Kier molecular flexibility index (Phi) is 2.23. The van der Waals surface area contributed by atoms with Gasteiger partial charge < -0.3 is 10.5 Å². The van der Waals surface area contributed by atoms with Gasteiger partial charge in [-0.3, -0.25) is 0 Å². The number of benzene rings is 1. The van der Waals surface area contributed by atoms with Crippen molar-refractivity contribution in [2.24, 2.45) is 0 Å². The van der Waals surface area contributed by atoms with Gasteiger partial charge in [-0.25, -0.2) is 0 Å². The lowest BCUT2D eigenvalue weighted by atomic mass is 10.1. The minimum atomic E-state index is 0.816. The van der Waals surface area contributed by atoms with Crippen molar-refractivity contribution in [3.8, 4) is 5.75 Å². The average molecular weight is 178 g/mol. The number of aryl methyl sites for hydroxylation is 2. The SMILES string of the molecule is COc1cc2c(cc1C[NH3+])CCC2. The fraction of sp³-hybridized carbons (Fsp3) is 0.455. The molecular weight excluding hydrogens is 162 g/mol. The molecule has 13 heavy (non-hydrogen) atoms. The lowest BCUT2D eigenvalue weighted by molar-refractivity contribution is -0.386. The maximum Gasteiger partial charge on any atom is 0.127 e. The van der Waals surface area contributed by atoms with Crippen LogP contribution >= 0.6 is 0 Å². The van der Waals surface area contributed by atoms with E-state index in [0.29, 0.717) is 0 Å². The van der Waals surface area contributed by atoms with Crippen LogP contribution in [-0.2, 0) is 19.4 Å². The van der Waals surface area contributed by atoms with Crippen LogP contribution in [0.3, 0.4) is 0 Å². The first-order valence-corrected chi connectivity index (χ1v) is 4.83. The molecule has 0 saturated heterocycles. The highest BCUT2D eigenvalue weighted by Crippen LogP contribution is 2.29. The largest absolute Gasteiger partial charge is 0.496 e. The highest BCUT2D eigenvalue weighted by atomic mass is 16.5. The molecule has 0 atom stereocenters. The molecule has 0 unspecified atom stereocenters. The summed E-state index contributed by atoms with van der Waals surface area (Å²) in [6, 6.07) is 4.44. The van der Waals surface area contributed by atoms with E-state index >= 15 is 0 Å². The molecule has 1 aliphatic rings. The summed E-state index contributed by atoms with van der Waals surface area (Å²) in [4.78, 5) is 0. The third-order valence-electron chi connectivity index (χ3n) is 2.76. The maximum atomic E-state index is 5.32. The van der Waals surface area contributed by atoms with Gasteiger partial charge in [-0.1, -0.05) is 0 Å². The molecule has 0 aromatic heterocycles. The molecule has 70 valence electrons. The number of rotatable bonds is 2. The summed E-state index contributed by atoms with van der Waals surface area (Å²) in [6.07, 6.45) is 3.73. The van der Waals surface area contributed by atoms with Gasteiger partial charge in [0.25, 0.3) is 0 Å². The summed E-state index contributed by atoms with van der Waals surface area (Å²) >= 11 is 0. The van der Waals surface area contributed by atoms with Gasteiger partial charge in [0.05, 0.1) is 7.11 Å². The van der Waals surface area contributed by atoms with Crippen molar-refractivity contribution in [3.63, 3.8) is 0 Å². The van der Waals surface area contributed by atoms with Crippen LogP contribution in [0.25, 0.3) is 0 Å². The molecule has 0 fully saturated rings. The number of fused-ring (bicyclic) bond motifs is 1. The van der Waals surface area contributed by atoms with Gasteiger partial charge >= 0.3 is 0 Å². The standard InChI is InChI=1S/C11H15NO/c1-13-11-6-9-4-2-3-8(9)5-10(11)7-12/h5-6H,2-4,7,12H2,1H3/p+1. The quantitative estimate of drug-likeness (QED) is 0.718. The van der Waals surface area contributed by atoms with E-state index in [1.54, 1.807) is 7.11 Å². The van der Waals surface area contributed by atoms with E-state index in [1.165, 1.54) is 36.0 Å². The normalized spacial score (nSPS) is 14.3. The van der Waals surface area contributed by atoms with Crippen molar-refractivity contribution in [1.29, 1.82) is 0 Å². The Morgan fingerprint density at radius 3 is 2.62 bits per heavy atom. The Morgan fingerprint density at radius 1 is 1.31 bits per heavy atom. The number of hydrogen-bond acceptors (Lipinski definition) is 1. The second-order valence-corrected chi connectivity index (χ2v) is 3.54. The smallest absolute Gasteiger partial charge is 0.127 e. The van der Waals surface area contributed by atoms with Gasteiger partial charge in [0, 0.05) is 5.56 Å². The molecule has 2 nitrogen and oxygen atoms in total. The zero-order valence-electron chi connectivity index (χ0n) is 8.10. The lowest BCUT2D eigenvalue weighted by Gasteiger charge is -2.08. The lowest BCUT2D eigenvalue weighted by Crippen LogP contribution is -2.47. The predicted octanol–water partition coefficient (Wildman–Crippen LogP) is 0.926. The molecule has 0 spiro atoms. The van der Waals surface area contributed by atoms with Gasteiger partial charge in [0.2, 0.25) is 0 Å². The van der Waals surface area contributed by atoms with Crippen molar-refractivity contribution in [2.45, 2.75) is 25.8 Å². The third-order valence-corrected chi connectivity index (χ3v) is 2.76. The van der Waals surface area contributed by atoms with Crippen LogP contribution < -0.4 is 10.5 Å². The van der Waals surface area contributed by atoms with Crippen molar-refractivity contribution in [2.75, 3.05) is 7.11 Å². The van der Waals surface area contributed by atoms with Crippen LogP contribution in [0.4, 0.5) is 0 Å². The van der Waals surface area contributed by atoms with Crippen LogP contribution in [0, 0.1) is 0 Å². The van der Waals surface area contributed by atoms with Gasteiger partial charge in [0.1, 0.15) is 12.3 Å². The highest BCUT2D eigenvalue weighted by Gasteiger charge is 2.14. The minimum Gasteiger partial charge on any atom is -0.496 e. The minimum absolute atomic E-state index is 0.816. The summed E-state index contributed by atoms with van der Waals surface area (Å²) in [5, 5.41) is 0. The number of quaternary nitrogens is 1. The maximum absolute atomic E-state index is 5.32. The Bertz CT molecular complexity index is 289. The summed E-state index contributed by atoms with van der Waals surface area (Å²) in [5.74, 6) is 1.01. The van der Waals surface area contributed by atoms with Crippen molar-refractivity contribution in [1.82, 2.24) is 0 Å². The van der Waals surface area contributed by atoms with Crippen LogP contribution in [0.2, 0.25) is 0 Å². The van der Waals surface area contributed by atoms with E-state index < -0.39 is 0 Å². The molecule has 1 aromatic carbocycles. The van der Waals surface area contributed by atoms with Crippen LogP contribution in [0.1, 0.15) is 23.1 Å². The van der Waals surface area contributed by atoms with Crippen LogP contribution in [0.5, 0.6) is 5.75 Å². The van der Waals surface area contributed by atoms with E-state index in [9.17, 15) is 0 Å². The molecular formula is C11H16NO+. The molecule has 0 amide bonds. The Hall–Kier alpha value is -1.02. The molecule has 0 aliphatic heterocycles. The van der Waals surface area contributed by atoms with Gasteiger partial charge in [-0.05, 0) is 42.5 Å². The molecule has 0 saturated carbocycles. The Labute approximate surface area is 78.7 Å². The van der Waals surface area contributed by atoms with E-state index in [0.717, 1.165) is 12.3 Å². The van der Waals surface area contributed by atoms with Crippen molar-refractivity contribution in [3.05, 3.63) is 28.8 Å². The van der Waals surface area contributed by atoms with E-state index in [1.807, 2.05) is 0 Å². The Balaban J connectivity index is 2.47. The first-order chi connectivity index (χ1) is 6.35. The number of hydrogen-bond donors (Lipinski definition) is 1. The molecule has 2 heteroatoms. The molecule has 3 N–H and O–H groups in total. The number of methoxy groups -OCH3 is 1. The summed E-state index contributed by atoms with van der Waals surface area (Å²) < 4.78 is 5.32. The first kappa shape index (κ1) is 8.57. The number of ether oxygens (including phenoxy) is 1. The summed E-state index contributed by atoms with van der Waals surface area (Å²) in [6.45, 7) is 0.816. The average Bonchev–Trinajstić information content (AvgIpc) is 2.62. The molecule has 0 bridgehead atoms. The van der Waals surface area contributed by atoms with E-state index in [2.05, 4.69) is 17.9 Å². The fourth-order valence-corrected chi connectivity index (χ4v) is 2.04. The molecule has 1 aromatic rings. The Morgan fingerprint density at radius 2 is 2.00 bits per heavy atom. The van der Waals surface area contributed by atoms with Crippen molar-refractivity contribution >= 4 is 0 Å². The summed E-state index contributed by atoms with van der Waals surface area (Å²) in [5.41, 5.74) is 8.12. The zero-order valence-corrected chi connectivity index (χ0v) is 8.10. The molecule has 0 heterocycles. The molecule has 0 radical (unpaired) electrons. The van der Waals surface area contributed by atoms with Crippen LogP contribution in [0.15, 0.2) is 12.1 Å². The third kappa shape index (κ3) is 1.42. The van der Waals surface area contributed by atoms with E-state index in [-0.39, 0.29) is 0 Å². The van der Waals surface area contributed by atoms with E-state index in [4.69, 9.17) is 4.74 Å². The van der Waals surface area contributed by atoms with Crippen molar-refractivity contribution < 1.29 is 10.5 Å². The fourth-order valence-electron chi connectivity index (χ4n) is 2.04. The topological polar surface area (TPSA) is 36.9 Å². The summed E-state index contributed by atoms with van der Waals surface area (Å²) in [7, 11) is 1.73. The second kappa shape index (κ2) is 3.38.